The molecular weight excluding hydrogens is 336 g/mol. The zero-order chi connectivity index (χ0) is 13.2. The lowest BCUT2D eigenvalue weighted by atomic mass is 9.93. The summed E-state index contributed by atoms with van der Waals surface area (Å²) in [4.78, 5) is 4.05. The molecule has 0 bridgehead atoms. The smallest absolute Gasteiger partial charge is 0.249 e. The number of hydrogen-bond donors (Lipinski definition) is 0. The normalized spacial score (nSPS) is 17.1. The van der Waals surface area contributed by atoms with Crippen LogP contribution in [0.15, 0.2) is 10.4 Å². The number of aromatic nitrogens is 1. The molecular formula is C11H17BrN2O2S2. The van der Waals surface area contributed by atoms with Crippen molar-refractivity contribution in [3.05, 3.63) is 11.2 Å². The maximum Gasteiger partial charge on any atom is 0.254 e. The minimum absolute atomic E-state index is 0.191. The number of nitrogens with zero attached hydrogens (tertiary/aromatic N) is 2. The molecule has 0 amide bonds. The molecule has 18 heavy (non-hydrogen) atoms. The summed E-state index contributed by atoms with van der Waals surface area (Å²) in [7, 11) is -3.34. The summed E-state index contributed by atoms with van der Waals surface area (Å²) in [5, 5.41) is 1.62. The predicted molar refractivity (Wildman–Crippen MR) is 76.8 cm³/mol. The molecule has 1 aliphatic carbocycles. The van der Waals surface area contributed by atoms with E-state index in [1.807, 2.05) is 6.92 Å². The highest BCUT2D eigenvalue weighted by molar-refractivity contribution is 9.09. The van der Waals surface area contributed by atoms with Crippen LogP contribution in [0, 0.1) is 6.92 Å². The Kier molecular flexibility index (Phi) is 4.80. The van der Waals surface area contributed by atoms with E-state index < -0.39 is 10.0 Å². The van der Waals surface area contributed by atoms with Gasteiger partial charge in [0.2, 0.25) is 0 Å². The quantitative estimate of drug-likeness (QED) is 0.739. The average Bonchev–Trinajstić information content (AvgIpc) is 2.68. The summed E-state index contributed by atoms with van der Waals surface area (Å²) in [6, 6.07) is 0.191. The highest BCUT2D eigenvalue weighted by Crippen LogP contribution is 2.31. The second-order valence-corrected chi connectivity index (χ2v) is 8.59. The molecule has 1 fully saturated rings. The van der Waals surface area contributed by atoms with E-state index in [1.54, 1.807) is 4.31 Å². The fourth-order valence-electron chi connectivity index (χ4n) is 1.97. The summed E-state index contributed by atoms with van der Waals surface area (Å²) in [6.07, 6.45) is 5.42. The van der Waals surface area contributed by atoms with Gasteiger partial charge in [0.1, 0.15) is 0 Å². The molecule has 1 heterocycles. The maximum absolute atomic E-state index is 12.6. The Balaban J connectivity index is 2.22. The molecule has 0 aromatic carbocycles. The van der Waals surface area contributed by atoms with Crippen molar-refractivity contribution >= 4 is 37.3 Å². The number of hydrogen-bond acceptors (Lipinski definition) is 4. The summed E-state index contributed by atoms with van der Waals surface area (Å²) >= 11 is 4.62. The van der Waals surface area contributed by atoms with Crippen molar-refractivity contribution in [3.8, 4) is 0 Å². The van der Waals surface area contributed by atoms with Gasteiger partial charge >= 0.3 is 0 Å². The van der Waals surface area contributed by atoms with E-state index in [0.717, 1.165) is 36.0 Å². The third kappa shape index (κ3) is 2.95. The van der Waals surface area contributed by atoms with Gasteiger partial charge in [-0.1, -0.05) is 22.4 Å². The second-order valence-electron chi connectivity index (χ2n) is 4.44. The molecule has 0 unspecified atom stereocenters. The van der Waals surface area contributed by atoms with E-state index in [0.29, 0.717) is 10.8 Å². The van der Waals surface area contributed by atoms with Gasteiger partial charge in [-0.2, -0.15) is 4.31 Å². The van der Waals surface area contributed by atoms with Crippen molar-refractivity contribution in [2.24, 2.45) is 0 Å². The van der Waals surface area contributed by atoms with Crippen molar-refractivity contribution in [2.45, 2.75) is 42.9 Å². The van der Waals surface area contributed by atoms with Crippen LogP contribution in [0.5, 0.6) is 0 Å². The van der Waals surface area contributed by atoms with E-state index in [-0.39, 0.29) is 6.04 Å². The van der Waals surface area contributed by atoms with E-state index in [9.17, 15) is 8.42 Å². The summed E-state index contributed by atoms with van der Waals surface area (Å²) in [5.74, 6) is 0. The molecule has 1 saturated carbocycles. The average molecular weight is 353 g/mol. The summed E-state index contributed by atoms with van der Waals surface area (Å²) in [6.45, 7) is 2.42. The third-order valence-corrected chi connectivity index (χ3v) is 7.02. The van der Waals surface area contributed by atoms with Crippen LogP contribution in [-0.4, -0.2) is 35.6 Å². The van der Waals surface area contributed by atoms with Gasteiger partial charge in [-0.3, -0.25) is 0 Å². The molecule has 0 aliphatic heterocycles. The number of rotatable bonds is 6. The Morgan fingerprint density at radius 1 is 1.56 bits per heavy atom. The minimum Gasteiger partial charge on any atom is -0.249 e. The number of halogens is 1. The molecule has 0 radical (unpaired) electrons. The zero-order valence-corrected chi connectivity index (χ0v) is 13.5. The first-order chi connectivity index (χ1) is 8.55. The highest BCUT2D eigenvalue weighted by atomic mass is 79.9. The molecule has 0 saturated heterocycles. The van der Waals surface area contributed by atoms with Crippen LogP contribution in [0.25, 0.3) is 0 Å². The number of aryl methyl sites for hydroxylation is 1. The lowest BCUT2D eigenvalue weighted by Gasteiger charge is -2.36. The van der Waals surface area contributed by atoms with Crippen LogP contribution in [-0.2, 0) is 10.0 Å². The van der Waals surface area contributed by atoms with Crippen LogP contribution in [0.1, 0.15) is 30.7 Å². The van der Waals surface area contributed by atoms with Crippen molar-refractivity contribution in [3.63, 3.8) is 0 Å². The zero-order valence-electron chi connectivity index (χ0n) is 10.3. The predicted octanol–water partition coefficient (Wildman–Crippen LogP) is 2.78. The fourth-order valence-corrected chi connectivity index (χ4v) is 5.18. The van der Waals surface area contributed by atoms with Crippen LogP contribution in [0.4, 0.5) is 0 Å². The topological polar surface area (TPSA) is 50.3 Å². The molecule has 0 N–H and O–H groups in total. The second kappa shape index (κ2) is 5.98. The fraction of sp³-hybridized carbons (Fsp3) is 0.727. The van der Waals surface area contributed by atoms with Gasteiger partial charge in [0.25, 0.3) is 10.0 Å². The van der Waals surface area contributed by atoms with Crippen LogP contribution in [0.2, 0.25) is 0 Å². The van der Waals surface area contributed by atoms with E-state index >= 15 is 0 Å². The molecule has 1 aliphatic rings. The first kappa shape index (κ1) is 14.4. The molecule has 0 atom stereocenters. The van der Waals surface area contributed by atoms with Gasteiger partial charge in [-0.15, -0.1) is 11.3 Å². The van der Waals surface area contributed by atoms with Crippen LogP contribution in [0.3, 0.4) is 0 Å². The third-order valence-electron chi connectivity index (χ3n) is 3.16. The lowest BCUT2D eigenvalue weighted by Crippen LogP contribution is -2.44. The summed E-state index contributed by atoms with van der Waals surface area (Å²) < 4.78 is 27.2. The standard InChI is InChI=1S/C11H17BrN2O2S2/c1-9-13-8-11(17-9)18(15,16)14(7-3-6-12)10-4-2-5-10/h8,10H,2-7H2,1H3. The monoisotopic (exact) mass is 352 g/mol. The molecule has 0 spiro atoms. The maximum atomic E-state index is 12.6. The van der Waals surface area contributed by atoms with Crippen molar-refractivity contribution in [1.82, 2.24) is 9.29 Å². The Bertz CT molecular complexity index is 497. The first-order valence-corrected chi connectivity index (χ1v) is 9.43. The molecule has 1 aromatic heterocycles. The Morgan fingerprint density at radius 2 is 2.28 bits per heavy atom. The largest absolute Gasteiger partial charge is 0.254 e. The first-order valence-electron chi connectivity index (χ1n) is 6.06. The Morgan fingerprint density at radius 3 is 2.72 bits per heavy atom. The van der Waals surface area contributed by atoms with Gasteiger partial charge < -0.3 is 0 Å². The molecule has 1 aromatic rings. The van der Waals surface area contributed by atoms with Gasteiger partial charge in [0, 0.05) is 17.9 Å². The van der Waals surface area contributed by atoms with Gasteiger partial charge in [-0.05, 0) is 26.2 Å². The van der Waals surface area contributed by atoms with Crippen LogP contribution < -0.4 is 0 Å². The van der Waals surface area contributed by atoms with Gasteiger partial charge in [-0.25, -0.2) is 13.4 Å². The van der Waals surface area contributed by atoms with Crippen molar-refractivity contribution in [2.75, 3.05) is 11.9 Å². The minimum atomic E-state index is -3.34. The Hall–Kier alpha value is 0.0200. The molecule has 4 nitrogen and oxygen atoms in total. The number of thiazole rings is 1. The number of alkyl halides is 1. The Labute approximate surface area is 121 Å². The van der Waals surface area contributed by atoms with Crippen molar-refractivity contribution < 1.29 is 8.42 Å². The number of sulfonamides is 1. The van der Waals surface area contributed by atoms with Gasteiger partial charge in [0.05, 0.1) is 11.2 Å². The van der Waals surface area contributed by atoms with E-state index in [2.05, 4.69) is 20.9 Å². The lowest BCUT2D eigenvalue weighted by molar-refractivity contribution is 0.220. The summed E-state index contributed by atoms with van der Waals surface area (Å²) in [5.41, 5.74) is 0. The molecule has 7 heteroatoms. The van der Waals surface area contributed by atoms with Crippen molar-refractivity contribution in [1.29, 1.82) is 0 Å². The molecule has 102 valence electrons. The SMILES string of the molecule is Cc1ncc(S(=O)(=O)N(CCCBr)C2CCC2)s1. The molecule has 2 rings (SSSR count). The van der Waals surface area contributed by atoms with Crippen LogP contribution >= 0.6 is 27.3 Å². The highest BCUT2D eigenvalue weighted by Gasteiger charge is 2.35. The van der Waals surface area contributed by atoms with E-state index in [4.69, 9.17) is 0 Å². The van der Waals surface area contributed by atoms with E-state index in [1.165, 1.54) is 17.5 Å². The van der Waals surface area contributed by atoms with Gasteiger partial charge in [0.15, 0.2) is 4.21 Å².